The van der Waals surface area contributed by atoms with Gasteiger partial charge in [-0.25, -0.2) is 0 Å². The quantitative estimate of drug-likeness (QED) is 0.928. The fraction of sp³-hybridized carbons (Fsp3) is 0.529. The molecule has 0 bridgehead atoms. The molecule has 4 heteroatoms. The number of rotatable bonds is 3. The van der Waals surface area contributed by atoms with Gasteiger partial charge in [0.2, 0.25) is 5.91 Å². The van der Waals surface area contributed by atoms with Crippen molar-refractivity contribution in [3.8, 4) is 0 Å². The summed E-state index contributed by atoms with van der Waals surface area (Å²) in [6.45, 7) is 3.02. The van der Waals surface area contributed by atoms with E-state index in [0.717, 1.165) is 37.9 Å². The number of hydrogen-bond donors (Lipinski definition) is 1. The first-order valence-corrected chi connectivity index (χ1v) is 7.89. The molecule has 2 unspecified atom stereocenters. The fourth-order valence-electron chi connectivity index (χ4n) is 3.23. The number of para-hydroxylation sites is 1. The molecule has 112 valence electrons. The molecule has 1 saturated heterocycles. The SMILES string of the molecule is CC1=NN(c2ccccc2)CC1CC1CCCCC(=O)N1. The van der Waals surface area contributed by atoms with Crippen molar-refractivity contribution in [3.63, 3.8) is 0 Å². The van der Waals surface area contributed by atoms with Gasteiger partial charge in [0, 0.05) is 30.6 Å². The molecule has 0 aromatic heterocycles. The fourth-order valence-corrected chi connectivity index (χ4v) is 3.23. The molecule has 2 aliphatic rings. The van der Waals surface area contributed by atoms with Crippen LogP contribution in [0.4, 0.5) is 5.69 Å². The Morgan fingerprint density at radius 2 is 2.10 bits per heavy atom. The van der Waals surface area contributed by atoms with Crippen LogP contribution in [0.15, 0.2) is 35.4 Å². The van der Waals surface area contributed by atoms with Crippen molar-refractivity contribution < 1.29 is 4.79 Å². The van der Waals surface area contributed by atoms with Gasteiger partial charge in [-0.05, 0) is 38.3 Å². The van der Waals surface area contributed by atoms with Gasteiger partial charge in [-0.2, -0.15) is 5.10 Å². The Labute approximate surface area is 126 Å². The zero-order valence-electron chi connectivity index (χ0n) is 12.6. The molecular weight excluding hydrogens is 262 g/mol. The van der Waals surface area contributed by atoms with Gasteiger partial charge < -0.3 is 5.32 Å². The van der Waals surface area contributed by atoms with E-state index in [9.17, 15) is 4.79 Å². The molecule has 1 aromatic carbocycles. The third-order valence-electron chi connectivity index (χ3n) is 4.46. The molecule has 0 spiro atoms. The van der Waals surface area contributed by atoms with Gasteiger partial charge in [-0.3, -0.25) is 9.80 Å². The summed E-state index contributed by atoms with van der Waals surface area (Å²) in [4.78, 5) is 11.7. The molecule has 0 radical (unpaired) electrons. The Balaban J connectivity index is 1.62. The molecule has 1 amide bonds. The average Bonchev–Trinajstić information content (AvgIpc) is 2.72. The lowest BCUT2D eigenvalue weighted by atomic mass is 9.94. The summed E-state index contributed by atoms with van der Waals surface area (Å²) in [5.74, 6) is 0.651. The van der Waals surface area contributed by atoms with Crippen LogP contribution in [0.25, 0.3) is 0 Å². The first-order chi connectivity index (χ1) is 10.2. The number of anilines is 1. The van der Waals surface area contributed by atoms with E-state index in [0.29, 0.717) is 18.4 Å². The Morgan fingerprint density at radius 1 is 1.29 bits per heavy atom. The van der Waals surface area contributed by atoms with Crippen molar-refractivity contribution in [3.05, 3.63) is 30.3 Å². The van der Waals surface area contributed by atoms with Crippen LogP contribution in [-0.4, -0.2) is 24.2 Å². The van der Waals surface area contributed by atoms with E-state index in [-0.39, 0.29) is 5.91 Å². The molecule has 0 saturated carbocycles. The highest BCUT2D eigenvalue weighted by Crippen LogP contribution is 2.26. The van der Waals surface area contributed by atoms with E-state index in [1.165, 1.54) is 5.71 Å². The van der Waals surface area contributed by atoms with Crippen LogP contribution < -0.4 is 10.3 Å². The number of nitrogens with zero attached hydrogens (tertiary/aromatic N) is 2. The Kier molecular flexibility index (Phi) is 4.23. The summed E-state index contributed by atoms with van der Waals surface area (Å²) in [7, 11) is 0. The largest absolute Gasteiger partial charge is 0.353 e. The number of hydrogen-bond acceptors (Lipinski definition) is 3. The van der Waals surface area contributed by atoms with Crippen molar-refractivity contribution in [2.45, 2.75) is 45.1 Å². The molecule has 4 nitrogen and oxygen atoms in total. The lowest BCUT2D eigenvalue weighted by molar-refractivity contribution is -0.121. The average molecular weight is 285 g/mol. The number of benzene rings is 1. The molecule has 2 aliphatic heterocycles. The van der Waals surface area contributed by atoms with Gasteiger partial charge >= 0.3 is 0 Å². The van der Waals surface area contributed by atoms with Crippen LogP contribution in [0.5, 0.6) is 0 Å². The predicted octanol–water partition coefficient (Wildman–Crippen LogP) is 2.95. The normalized spacial score (nSPS) is 26.2. The minimum atomic E-state index is 0.213. The van der Waals surface area contributed by atoms with Crippen molar-refractivity contribution in [2.24, 2.45) is 11.0 Å². The first-order valence-electron chi connectivity index (χ1n) is 7.89. The van der Waals surface area contributed by atoms with Crippen molar-refractivity contribution in [1.82, 2.24) is 5.32 Å². The summed E-state index contributed by atoms with van der Waals surface area (Å²) in [6.07, 6.45) is 4.96. The number of nitrogens with one attached hydrogen (secondary N) is 1. The Hall–Kier alpha value is -1.84. The maximum Gasteiger partial charge on any atom is 0.220 e. The highest BCUT2D eigenvalue weighted by atomic mass is 16.1. The monoisotopic (exact) mass is 285 g/mol. The minimum absolute atomic E-state index is 0.213. The second-order valence-corrected chi connectivity index (χ2v) is 6.10. The van der Waals surface area contributed by atoms with Crippen molar-refractivity contribution in [1.29, 1.82) is 0 Å². The van der Waals surface area contributed by atoms with Gasteiger partial charge in [-0.1, -0.05) is 24.6 Å². The van der Waals surface area contributed by atoms with Gasteiger partial charge in [-0.15, -0.1) is 0 Å². The third kappa shape index (κ3) is 3.43. The second-order valence-electron chi connectivity index (χ2n) is 6.10. The van der Waals surface area contributed by atoms with Crippen LogP contribution in [0.2, 0.25) is 0 Å². The van der Waals surface area contributed by atoms with E-state index >= 15 is 0 Å². The molecule has 1 N–H and O–H groups in total. The van der Waals surface area contributed by atoms with E-state index in [1.807, 2.05) is 18.2 Å². The molecule has 1 aromatic rings. The summed E-state index contributed by atoms with van der Waals surface area (Å²) in [5, 5.41) is 9.94. The molecule has 3 rings (SSSR count). The summed E-state index contributed by atoms with van der Waals surface area (Å²) in [5.41, 5.74) is 2.32. The number of carbonyl (C=O) groups is 1. The molecule has 2 heterocycles. The predicted molar refractivity (Wildman–Crippen MR) is 85.4 cm³/mol. The molecular formula is C17H23N3O. The highest BCUT2D eigenvalue weighted by Gasteiger charge is 2.28. The zero-order valence-corrected chi connectivity index (χ0v) is 12.6. The summed E-state index contributed by atoms with van der Waals surface area (Å²) in [6, 6.07) is 10.6. The molecule has 1 fully saturated rings. The van der Waals surface area contributed by atoms with Gasteiger partial charge in [0.25, 0.3) is 0 Å². The van der Waals surface area contributed by atoms with Crippen molar-refractivity contribution in [2.75, 3.05) is 11.6 Å². The lowest BCUT2D eigenvalue weighted by Gasteiger charge is -2.21. The second kappa shape index (κ2) is 6.29. The zero-order chi connectivity index (χ0) is 14.7. The number of carbonyl (C=O) groups excluding carboxylic acids is 1. The van der Waals surface area contributed by atoms with E-state index in [1.54, 1.807) is 0 Å². The number of amides is 1. The maximum absolute atomic E-state index is 11.7. The smallest absolute Gasteiger partial charge is 0.220 e. The standard InChI is InChI=1S/C17H23N3O/c1-13-14(11-15-7-5-6-10-17(21)18-15)12-20(19-13)16-8-3-2-4-9-16/h2-4,8-9,14-15H,5-7,10-12H2,1H3,(H,18,21). The van der Waals surface area contributed by atoms with Crippen LogP contribution in [-0.2, 0) is 4.79 Å². The molecule has 0 aliphatic carbocycles. The van der Waals surface area contributed by atoms with E-state index < -0.39 is 0 Å². The van der Waals surface area contributed by atoms with Crippen LogP contribution >= 0.6 is 0 Å². The van der Waals surface area contributed by atoms with Crippen LogP contribution in [0, 0.1) is 5.92 Å². The molecule has 21 heavy (non-hydrogen) atoms. The van der Waals surface area contributed by atoms with Gasteiger partial charge in [0.15, 0.2) is 0 Å². The lowest BCUT2D eigenvalue weighted by Crippen LogP contribution is -2.36. The van der Waals surface area contributed by atoms with Gasteiger partial charge in [0.05, 0.1) is 5.69 Å². The van der Waals surface area contributed by atoms with E-state index in [2.05, 4.69) is 34.5 Å². The molecule has 2 atom stereocenters. The Morgan fingerprint density at radius 3 is 2.90 bits per heavy atom. The summed E-state index contributed by atoms with van der Waals surface area (Å²) < 4.78 is 0. The van der Waals surface area contributed by atoms with Crippen LogP contribution in [0.3, 0.4) is 0 Å². The van der Waals surface area contributed by atoms with Gasteiger partial charge in [0.1, 0.15) is 0 Å². The maximum atomic E-state index is 11.7. The summed E-state index contributed by atoms with van der Waals surface area (Å²) >= 11 is 0. The highest BCUT2D eigenvalue weighted by molar-refractivity contribution is 5.88. The number of hydrazone groups is 1. The third-order valence-corrected chi connectivity index (χ3v) is 4.46. The Bertz CT molecular complexity index is 526. The van der Waals surface area contributed by atoms with Crippen LogP contribution in [0.1, 0.15) is 39.0 Å². The topological polar surface area (TPSA) is 44.7 Å². The van der Waals surface area contributed by atoms with Crippen molar-refractivity contribution >= 4 is 17.3 Å². The van der Waals surface area contributed by atoms with E-state index in [4.69, 9.17) is 0 Å². The minimum Gasteiger partial charge on any atom is -0.353 e. The first kappa shape index (κ1) is 14.1.